The van der Waals surface area contributed by atoms with Crippen LogP contribution in [0.5, 0.6) is 17.2 Å². The van der Waals surface area contributed by atoms with Gasteiger partial charge in [0.2, 0.25) is 0 Å². The molecule has 292 valence electrons. The maximum absolute atomic E-state index is 11.3. The van der Waals surface area contributed by atoms with Crippen molar-refractivity contribution in [2.24, 2.45) is 0 Å². The average molecular weight is 805 g/mol. The van der Waals surface area contributed by atoms with E-state index in [1.165, 1.54) is 57.8 Å². The normalized spacial score (nSPS) is 15.4. The summed E-state index contributed by atoms with van der Waals surface area (Å²) in [7, 11) is 2.20. The Labute approximate surface area is 319 Å². The number of aliphatic hydroxyl groups excluding tert-OH is 1. The molecule has 0 bridgehead atoms. The van der Waals surface area contributed by atoms with Crippen LogP contribution in [0.3, 0.4) is 0 Å². The molecule has 0 spiro atoms. The summed E-state index contributed by atoms with van der Waals surface area (Å²) in [5, 5.41) is 48.3. The number of carbonyl (C=O) groups is 1. The number of methoxy groups -OCH3 is 1. The predicted molar refractivity (Wildman–Crippen MR) is 209 cm³/mol. The summed E-state index contributed by atoms with van der Waals surface area (Å²) < 4.78 is 9.92. The van der Waals surface area contributed by atoms with E-state index in [-0.39, 0.29) is 36.2 Å². The highest BCUT2D eigenvalue weighted by molar-refractivity contribution is 9.10. The zero-order valence-corrected chi connectivity index (χ0v) is 31.8. The Morgan fingerprint density at radius 2 is 1.13 bits per heavy atom. The number of phenolic OH excluding ortho intramolecular Hbond substituents is 2. The number of aryl methyl sites for hydroxylation is 2. The number of benzene rings is 3. The standard InChI is InChI=1S/C13H14BrNO5.C12H15NO3.C12H17NO.CH4O.CH4/c1-19-13(16)20-12-7-11(15(17)18)10(14)6-9(12)8-4-2-3-5-8;1-8-6-10(9-4-2-3-5-9)12(14)7-11(8)13(15)16;1-8-6-10(9-4-2-3-5-9)12(14)7-11(8)13;1-2;/h6-8H,2-5H2,1H3;6-7,9,14H,2-5H2,1H3;6-7,9,14H,2-5,13H2,1H3;2H,1H3;1H4. The van der Waals surface area contributed by atoms with E-state index in [0.717, 1.165) is 67.9 Å². The molecule has 53 heavy (non-hydrogen) atoms. The van der Waals surface area contributed by atoms with Gasteiger partial charge in [-0.1, -0.05) is 52.0 Å². The summed E-state index contributed by atoms with van der Waals surface area (Å²) in [6, 6.07) is 9.72. The van der Waals surface area contributed by atoms with Gasteiger partial charge in [-0.15, -0.1) is 0 Å². The fourth-order valence-corrected chi connectivity index (χ4v) is 7.75. The van der Waals surface area contributed by atoms with Gasteiger partial charge in [0.15, 0.2) is 0 Å². The highest BCUT2D eigenvalue weighted by atomic mass is 79.9. The van der Waals surface area contributed by atoms with Gasteiger partial charge in [0.1, 0.15) is 17.2 Å². The Kier molecular flexibility index (Phi) is 18.0. The molecule has 0 amide bonds. The molecule has 6 rings (SSSR count). The first-order valence-corrected chi connectivity index (χ1v) is 18.3. The second-order valence-electron chi connectivity index (χ2n) is 13.3. The van der Waals surface area contributed by atoms with Crippen LogP contribution in [0.15, 0.2) is 40.9 Å². The Bertz CT molecular complexity index is 1700. The Morgan fingerprint density at radius 1 is 0.717 bits per heavy atom. The molecule has 0 saturated heterocycles. The van der Waals surface area contributed by atoms with Crippen LogP contribution in [0.2, 0.25) is 0 Å². The lowest BCUT2D eigenvalue weighted by molar-refractivity contribution is -0.385. The molecule has 0 radical (unpaired) electrons. The summed E-state index contributed by atoms with van der Waals surface area (Å²) >= 11 is 3.20. The summed E-state index contributed by atoms with van der Waals surface area (Å²) in [5.74, 6) is 1.84. The molecular weight excluding hydrogens is 750 g/mol. The second kappa shape index (κ2) is 21.3. The number of phenols is 2. The van der Waals surface area contributed by atoms with Crippen molar-refractivity contribution in [3.05, 3.63) is 88.9 Å². The van der Waals surface area contributed by atoms with Gasteiger partial charge < -0.3 is 30.5 Å². The van der Waals surface area contributed by atoms with E-state index < -0.39 is 16.0 Å². The lowest BCUT2D eigenvalue weighted by Gasteiger charge is -2.15. The number of hydrogen-bond acceptors (Lipinski definition) is 11. The van der Waals surface area contributed by atoms with Crippen LogP contribution in [-0.4, -0.2) is 45.5 Å². The molecule has 0 atom stereocenters. The van der Waals surface area contributed by atoms with E-state index in [9.17, 15) is 35.2 Å². The molecule has 13 nitrogen and oxygen atoms in total. The Balaban J connectivity index is 0.000000270. The molecule has 5 N–H and O–H groups in total. The average Bonchev–Trinajstić information content (AvgIpc) is 3.94. The quantitative estimate of drug-likeness (QED) is 0.0605. The van der Waals surface area contributed by atoms with Crippen LogP contribution < -0.4 is 10.5 Å². The van der Waals surface area contributed by atoms with Gasteiger partial charge in [-0.3, -0.25) is 20.2 Å². The van der Waals surface area contributed by atoms with Gasteiger partial charge in [0, 0.05) is 24.4 Å². The minimum Gasteiger partial charge on any atom is -0.508 e. The number of carbonyl (C=O) groups excluding carboxylic acids is 1. The van der Waals surface area contributed by atoms with Crippen molar-refractivity contribution in [2.75, 3.05) is 20.0 Å². The van der Waals surface area contributed by atoms with Crippen LogP contribution in [0.25, 0.3) is 0 Å². The number of hydrogen-bond donors (Lipinski definition) is 4. The minimum absolute atomic E-state index is 0. The Morgan fingerprint density at radius 3 is 1.57 bits per heavy atom. The van der Waals surface area contributed by atoms with Crippen molar-refractivity contribution >= 4 is 39.1 Å². The van der Waals surface area contributed by atoms with Gasteiger partial charge in [0.05, 0.1) is 33.6 Å². The first-order chi connectivity index (χ1) is 24.8. The molecule has 3 aromatic rings. The minimum atomic E-state index is -0.874. The number of nitro benzene ring substituents is 2. The molecule has 3 aliphatic rings. The van der Waals surface area contributed by atoms with E-state index in [4.69, 9.17) is 15.6 Å². The van der Waals surface area contributed by atoms with Gasteiger partial charge >= 0.3 is 6.16 Å². The first kappa shape index (κ1) is 44.7. The highest BCUT2D eigenvalue weighted by Gasteiger charge is 2.27. The van der Waals surface area contributed by atoms with Crippen molar-refractivity contribution in [2.45, 2.75) is 116 Å². The highest BCUT2D eigenvalue weighted by Crippen LogP contribution is 2.44. The van der Waals surface area contributed by atoms with Gasteiger partial charge in [-0.05, 0) is 120 Å². The largest absolute Gasteiger partial charge is 0.513 e. The molecule has 0 unspecified atom stereocenters. The number of aliphatic hydroxyl groups is 1. The lowest BCUT2D eigenvalue weighted by atomic mass is 9.94. The Hall–Kier alpha value is -4.43. The molecular formula is C39H54BrN3O10. The molecule has 3 fully saturated rings. The monoisotopic (exact) mass is 803 g/mol. The fraction of sp³-hybridized carbons (Fsp3) is 0.513. The maximum atomic E-state index is 11.3. The number of nitro groups is 2. The fourth-order valence-electron chi connectivity index (χ4n) is 7.24. The zero-order valence-electron chi connectivity index (χ0n) is 30.2. The number of halogens is 1. The van der Waals surface area contributed by atoms with E-state index in [0.29, 0.717) is 33.3 Å². The van der Waals surface area contributed by atoms with E-state index >= 15 is 0 Å². The topological polar surface area (TPSA) is 209 Å². The number of anilines is 1. The molecule has 3 aliphatic carbocycles. The predicted octanol–water partition coefficient (Wildman–Crippen LogP) is 10.6. The van der Waals surface area contributed by atoms with Gasteiger partial charge in [-0.2, -0.15) is 0 Å². The molecule has 14 heteroatoms. The summed E-state index contributed by atoms with van der Waals surface area (Å²) in [6.45, 7) is 3.71. The van der Waals surface area contributed by atoms with E-state index in [1.807, 2.05) is 13.0 Å². The van der Waals surface area contributed by atoms with Crippen molar-refractivity contribution in [1.29, 1.82) is 0 Å². The van der Waals surface area contributed by atoms with Crippen molar-refractivity contribution in [1.82, 2.24) is 0 Å². The van der Waals surface area contributed by atoms with Gasteiger partial charge in [-0.25, -0.2) is 4.79 Å². The van der Waals surface area contributed by atoms with Crippen molar-refractivity contribution < 1.29 is 39.4 Å². The zero-order chi connectivity index (χ0) is 38.5. The number of ether oxygens (including phenoxy) is 2. The first-order valence-electron chi connectivity index (χ1n) is 17.6. The summed E-state index contributed by atoms with van der Waals surface area (Å²) in [4.78, 5) is 32.0. The lowest BCUT2D eigenvalue weighted by Crippen LogP contribution is -2.10. The van der Waals surface area contributed by atoms with Crippen molar-refractivity contribution in [3.8, 4) is 17.2 Å². The van der Waals surface area contributed by atoms with Crippen molar-refractivity contribution in [3.63, 3.8) is 0 Å². The second-order valence-corrected chi connectivity index (χ2v) is 14.2. The number of nitrogen functional groups attached to an aromatic ring is 1. The number of rotatable bonds is 6. The maximum Gasteiger partial charge on any atom is 0.513 e. The molecule has 0 aliphatic heterocycles. The van der Waals surface area contributed by atoms with Crippen LogP contribution in [0.4, 0.5) is 21.9 Å². The van der Waals surface area contributed by atoms with E-state index in [2.05, 4.69) is 20.7 Å². The third-order valence-electron chi connectivity index (χ3n) is 9.98. The third kappa shape index (κ3) is 12.0. The number of aromatic hydroxyl groups is 2. The molecule has 3 saturated carbocycles. The number of nitrogens with two attached hydrogens (primary N) is 1. The smallest absolute Gasteiger partial charge is 0.508 e. The molecule has 0 aromatic heterocycles. The van der Waals surface area contributed by atoms with E-state index in [1.54, 1.807) is 25.1 Å². The summed E-state index contributed by atoms with van der Waals surface area (Å²) in [5.41, 5.74) is 10.8. The van der Waals surface area contributed by atoms with Crippen LogP contribution in [0.1, 0.15) is 130 Å². The van der Waals surface area contributed by atoms with Crippen LogP contribution in [0, 0.1) is 34.1 Å². The van der Waals surface area contributed by atoms with Crippen LogP contribution in [-0.2, 0) is 4.74 Å². The molecule has 3 aromatic carbocycles. The number of nitrogens with zero attached hydrogens (tertiary/aromatic N) is 2. The van der Waals surface area contributed by atoms with Crippen LogP contribution >= 0.6 is 15.9 Å². The summed E-state index contributed by atoms with van der Waals surface area (Å²) in [6.07, 6.45) is 12.8. The molecule has 0 heterocycles. The SMILES string of the molecule is C.CO.COC(=O)Oc1cc([N+](=O)[O-])c(Br)cc1C1CCCC1.Cc1cc(C2CCCC2)c(O)cc1N.Cc1cc(C2CCCC2)c(O)cc1[N+](=O)[O-]. The third-order valence-corrected chi connectivity index (χ3v) is 10.6. The van der Waals surface area contributed by atoms with Gasteiger partial charge in [0.25, 0.3) is 11.4 Å².